The van der Waals surface area contributed by atoms with Crippen LogP contribution < -0.4 is 11.3 Å². The fourth-order valence-corrected chi connectivity index (χ4v) is 3.73. The summed E-state index contributed by atoms with van der Waals surface area (Å²) < 4.78 is 0. The van der Waals surface area contributed by atoms with Crippen molar-refractivity contribution in [2.24, 2.45) is 17.7 Å². The Balaban J connectivity index is 1.96. The molecule has 90 valence electrons. The van der Waals surface area contributed by atoms with Gasteiger partial charge >= 0.3 is 0 Å². The molecule has 3 N–H and O–H groups in total. The zero-order valence-electron chi connectivity index (χ0n) is 9.99. The third-order valence-corrected chi connectivity index (χ3v) is 4.92. The summed E-state index contributed by atoms with van der Waals surface area (Å²) in [5.74, 6) is 7.40. The summed E-state index contributed by atoms with van der Waals surface area (Å²) in [6.07, 6.45) is 6.75. The third-order valence-electron chi connectivity index (χ3n) is 3.97. The molecule has 0 amide bonds. The molecule has 1 aromatic rings. The van der Waals surface area contributed by atoms with Gasteiger partial charge in [0.1, 0.15) is 0 Å². The van der Waals surface area contributed by atoms with Gasteiger partial charge in [0.15, 0.2) is 0 Å². The second kappa shape index (κ2) is 5.80. The Hall–Kier alpha value is -0.380. The zero-order chi connectivity index (χ0) is 11.4. The molecule has 2 rings (SSSR count). The maximum atomic E-state index is 5.72. The van der Waals surface area contributed by atoms with E-state index < -0.39 is 0 Å². The molecule has 0 saturated heterocycles. The van der Waals surface area contributed by atoms with Crippen LogP contribution in [0.25, 0.3) is 0 Å². The van der Waals surface area contributed by atoms with Gasteiger partial charge in [0.05, 0.1) is 6.04 Å². The van der Waals surface area contributed by atoms with Gasteiger partial charge in [-0.25, -0.2) is 0 Å². The van der Waals surface area contributed by atoms with Crippen LogP contribution in [0.3, 0.4) is 0 Å². The lowest BCUT2D eigenvalue weighted by atomic mass is 9.77. The lowest BCUT2D eigenvalue weighted by Gasteiger charge is -2.32. The van der Waals surface area contributed by atoms with E-state index in [9.17, 15) is 0 Å². The predicted octanol–water partition coefficient (Wildman–Crippen LogP) is 3.47. The molecular formula is C13H22N2S. The quantitative estimate of drug-likeness (QED) is 0.622. The maximum Gasteiger partial charge on any atom is 0.0581 e. The van der Waals surface area contributed by atoms with Crippen molar-refractivity contribution in [2.45, 2.75) is 45.1 Å². The third kappa shape index (κ3) is 2.65. The second-order valence-electron chi connectivity index (χ2n) is 4.85. The minimum absolute atomic E-state index is 0.373. The highest BCUT2D eigenvalue weighted by Crippen LogP contribution is 2.38. The van der Waals surface area contributed by atoms with Gasteiger partial charge in [0.25, 0.3) is 0 Å². The Morgan fingerprint density at radius 3 is 2.69 bits per heavy atom. The number of hydrogen-bond donors (Lipinski definition) is 2. The van der Waals surface area contributed by atoms with Crippen molar-refractivity contribution in [3.05, 3.63) is 22.4 Å². The van der Waals surface area contributed by atoms with Crippen molar-refractivity contribution < 1.29 is 0 Å². The molecule has 0 radical (unpaired) electrons. The topological polar surface area (TPSA) is 38.0 Å². The minimum Gasteiger partial charge on any atom is -0.271 e. The fourth-order valence-electron chi connectivity index (χ4n) is 2.85. The molecule has 3 heteroatoms. The average molecular weight is 238 g/mol. The van der Waals surface area contributed by atoms with Gasteiger partial charge in [-0.2, -0.15) is 0 Å². The lowest BCUT2D eigenvalue weighted by molar-refractivity contribution is 0.221. The van der Waals surface area contributed by atoms with Crippen LogP contribution in [-0.2, 0) is 0 Å². The van der Waals surface area contributed by atoms with Crippen molar-refractivity contribution >= 4 is 11.3 Å². The van der Waals surface area contributed by atoms with Crippen LogP contribution in [0, 0.1) is 11.8 Å². The largest absolute Gasteiger partial charge is 0.271 e. The Bertz CT molecular complexity index is 289. The summed E-state index contributed by atoms with van der Waals surface area (Å²) in [4.78, 5) is 1.39. The summed E-state index contributed by atoms with van der Waals surface area (Å²) in [5.41, 5.74) is 3.02. The molecule has 1 aliphatic carbocycles. The Labute approximate surface area is 102 Å². The summed E-state index contributed by atoms with van der Waals surface area (Å²) in [6, 6.07) is 4.68. The second-order valence-corrected chi connectivity index (χ2v) is 5.83. The number of hydrazine groups is 1. The number of thiophene rings is 1. The van der Waals surface area contributed by atoms with Gasteiger partial charge < -0.3 is 0 Å². The summed E-state index contributed by atoms with van der Waals surface area (Å²) in [7, 11) is 0. The molecule has 1 atom stereocenters. The minimum atomic E-state index is 0.373. The summed E-state index contributed by atoms with van der Waals surface area (Å²) in [6.45, 7) is 2.31. The van der Waals surface area contributed by atoms with Gasteiger partial charge in [0, 0.05) is 4.88 Å². The van der Waals surface area contributed by atoms with Crippen molar-refractivity contribution in [1.82, 2.24) is 5.43 Å². The van der Waals surface area contributed by atoms with Gasteiger partial charge in [-0.05, 0) is 36.1 Å². The van der Waals surface area contributed by atoms with Crippen LogP contribution in [0.5, 0.6) is 0 Å². The summed E-state index contributed by atoms with van der Waals surface area (Å²) >= 11 is 1.81. The van der Waals surface area contributed by atoms with Crippen LogP contribution in [-0.4, -0.2) is 0 Å². The van der Waals surface area contributed by atoms with Crippen molar-refractivity contribution in [3.8, 4) is 0 Å². The predicted molar refractivity (Wildman–Crippen MR) is 70.1 cm³/mol. The van der Waals surface area contributed by atoms with E-state index in [-0.39, 0.29) is 0 Å². The Kier molecular flexibility index (Phi) is 4.38. The van der Waals surface area contributed by atoms with Crippen molar-refractivity contribution in [2.75, 3.05) is 0 Å². The molecule has 0 aromatic carbocycles. The highest BCUT2D eigenvalue weighted by atomic mass is 32.1. The van der Waals surface area contributed by atoms with Crippen LogP contribution in [0.15, 0.2) is 17.5 Å². The Morgan fingerprint density at radius 2 is 2.19 bits per heavy atom. The molecule has 2 nitrogen and oxygen atoms in total. The van der Waals surface area contributed by atoms with Crippen LogP contribution in [0.1, 0.15) is 49.9 Å². The fraction of sp³-hybridized carbons (Fsp3) is 0.692. The van der Waals surface area contributed by atoms with Gasteiger partial charge in [-0.1, -0.05) is 32.3 Å². The summed E-state index contributed by atoms with van der Waals surface area (Å²) in [5, 5.41) is 2.14. The van der Waals surface area contributed by atoms with Crippen LogP contribution >= 0.6 is 11.3 Å². The first-order valence-electron chi connectivity index (χ1n) is 6.34. The molecule has 0 spiro atoms. The monoisotopic (exact) mass is 238 g/mol. The van der Waals surface area contributed by atoms with E-state index in [1.165, 1.54) is 37.0 Å². The van der Waals surface area contributed by atoms with Crippen molar-refractivity contribution in [3.63, 3.8) is 0 Å². The average Bonchev–Trinajstić information content (AvgIpc) is 2.85. The molecule has 1 fully saturated rings. The van der Waals surface area contributed by atoms with E-state index in [4.69, 9.17) is 5.84 Å². The van der Waals surface area contributed by atoms with Crippen LogP contribution in [0.2, 0.25) is 0 Å². The molecule has 1 aromatic heterocycles. The molecule has 0 aliphatic heterocycles. The van der Waals surface area contributed by atoms with E-state index in [0.29, 0.717) is 6.04 Å². The number of hydrogen-bond acceptors (Lipinski definition) is 3. The normalized spacial score (nSPS) is 27.9. The first-order chi connectivity index (χ1) is 7.85. The highest BCUT2D eigenvalue weighted by Gasteiger charge is 2.27. The number of nitrogens with one attached hydrogen (secondary N) is 1. The van der Waals surface area contributed by atoms with Crippen molar-refractivity contribution in [1.29, 1.82) is 0 Å². The van der Waals surface area contributed by atoms with Gasteiger partial charge in [-0.3, -0.25) is 11.3 Å². The van der Waals surface area contributed by atoms with Gasteiger partial charge in [0.2, 0.25) is 0 Å². The van der Waals surface area contributed by atoms with E-state index >= 15 is 0 Å². The zero-order valence-corrected chi connectivity index (χ0v) is 10.8. The Morgan fingerprint density at radius 1 is 1.44 bits per heavy atom. The number of nitrogens with two attached hydrogens (primary N) is 1. The number of rotatable bonds is 4. The van der Waals surface area contributed by atoms with E-state index in [1.807, 2.05) is 11.3 Å². The molecule has 1 unspecified atom stereocenters. The smallest absolute Gasteiger partial charge is 0.0581 e. The highest BCUT2D eigenvalue weighted by molar-refractivity contribution is 7.10. The van der Waals surface area contributed by atoms with E-state index in [0.717, 1.165) is 11.8 Å². The first kappa shape index (κ1) is 12.1. The standard InChI is InChI=1S/C13H22N2S/c1-2-10-5-7-11(8-6-10)13(15-14)12-4-3-9-16-12/h3-4,9-11,13,15H,2,5-8,14H2,1H3. The molecular weight excluding hydrogens is 216 g/mol. The van der Waals surface area contributed by atoms with E-state index in [2.05, 4.69) is 29.9 Å². The molecule has 1 saturated carbocycles. The lowest BCUT2D eigenvalue weighted by Crippen LogP contribution is -2.34. The molecule has 1 aliphatic rings. The molecule has 1 heterocycles. The SMILES string of the molecule is CCC1CCC(C(NN)c2cccs2)CC1. The molecule has 16 heavy (non-hydrogen) atoms. The van der Waals surface area contributed by atoms with Gasteiger partial charge in [-0.15, -0.1) is 11.3 Å². The maximum absolute atomic E-state index is 5.72. The first-order valence-corrected chi connectivity index (χ1v) is 7.22. The van der Waals surface area contributed by atoms with Crippen LogP contribution in [0.4, 0.5) is 0 Å². The van der Waals surface area contributed by atoms with E-state index in [1.54, 1.807) is 0 Å². The molecule has 0 bridgehead atoms.